The first-order valence-electron chi connectivity index (χ1n) is 7.61. The first-order chi connectivity index (χ1) is 9.76. The molecule has 1 fully saturated rings. The van der Waals surface area contributed by atoms with Crippen LogP contribution in [0.5, 0.6) is 0 Å². The van der Waals surface area contributed by atoms with E-state index in [1.165, 1.54) is 6.07 Å². The van der Waals surface area contributed by atoms with E-state index in [1.807, 2.05) is 6.07 Å². The standard InChI is InChI=1S/C18H23BrFN/c1-17(2,3)14-6-8-18(12-21,9-7-14)11-13-4-5-16(20)15(19)10-13/h4-5,10,14H,6-9,11H2,1-3H3. The summed E-state index contributed by atoms with van der Waals surface area (Å²) in [5, 5.41) is 9.68. The molecule has 0 bridgehead atoms. The van der Waals surface area contributed by atoms with E-state index in [2.05, 4.69) is 42.8 Å². The number of halogens is 2. The molecule has 21 heavy (non-hydrogen) atoms. The van der Waals surface area contributed by atoms with Crippen LogP contribution in [0.2, 0.25) is 0 Å². The van der Waals surface area contributed by atoms with Crippen LogP contribution in [0.25, 0.3) is 0 Å². The van der Waals surface area contributed by atoms with Crippen molar-refractivity contribution in [3.8, 4) is 6.07 Å². The van der Waals surface area contributed by atoms with Gasteiger partial charge in [-0.1, -0.05) is 26.8 Å². The molecule has 0 radical (unpaired) electrons. The molecule has 0 saturated heterocycles. The molecular weight excluding hydrogens is 329 g/mol. The molecule has 0 heterocycles. The second kappa shape index (κ2) is 6.08. The Bertz CT molecular complexity index is 545. The van der Waals surface area contributed by atoms with Gasteiger partial charge >= 0.3 is 0 Å². The Kier molecular flexibility index (Phi) is 4.78. The molecule has 2 rings (SSSR count). The highest BCUT2D eigenvalue weighted by Gasteiger charge is 2.39. The van der Waals surface area contributed by atoms with Gasteiger partial charge in [0.1, 0.15) is 5.82 Å². The van der Waals surface area contributed by atoms with Crippen molar-refractivity contribution < 1.29 is 4.39 Å². The molecule has 1 aliphatic carbocycles. The van der Waals surface area contributed by atoms with Gasteiger partial charge in [-0.25, -0.2) is 4.39 Å². The van der Waals surface area contributed by atoms with Crippen LogP contribution in [-0.2, 0) is 6.42 Å². The first kappa shape index (κ1) is 16.5. The molecule has 0 N–H and O–H groups in total. The van der Waals surface area contributed by atoms with Crippen molar-refractivity contribution in [3.05, 3.63) is 34.1 Å². The minimum Gasteiger partial charge on any atom is -0.206 e. The Hall–Kier alpha value is -0.880. The van der Waals surface area contributed by atoms with Crippen LogP contribution in [0.1, 0.15) is 52.0 Å². The second-order valence-corrected chi connectivity index (χ2v) is 8.31. The molecule has 1 aromatic carbocycles. The summed E-state index contributed by atoms with van der Waals surface area (Å²) < 4.78 is 13.8. The van der Waals surface area contributed by atoms with Crippen molar-refractivity contribution in [2.75, 3.05) is 0 Å². The molecule has 0 aromatic heterocycles. The van der Waals surface area contributed by atoms with Gasteiger partial charge < -0.3 is 0 Å². The molecule has 0 aliphatic heterocycles. The zero-order chi connectivity index (χ0) is 15.7. The van der Waals surface area contributed by atoms with Gasteiger partial charge in [0.2, 0.25) is 0 Å². The average Bonchev–Trinajstić information content (AvgIpc) is 2.42. The number of rotatable bonds is 2. The largest absolute Gasteiger partial charge is 0.206 e. The highest BCUT2D eigenvalue weighted by Crippen LogP contribution is 2.46. The third-order valence-corrected chi connectivity index (χ3v) is 5.54. The van der Waals surface area contributed by atoms with Gasteiger partial charge in [0, 0.05) is 0 Å². The van der Waals surface area contributed by atoms with Crippen LogP contribution in [0.15, 0.2) is 22.7 Å². The van der Waals surface area contributed by atoms with Crippen LogP contribution in [-0.4, -0.2) is 0 Å². The van der Waals surface area contributed by atoms with Crippen molar-refractivity contribution >= 4 is 15.9 Å². The maximum Gasteiger partial charge on any atom is 0.137 e. The molecule has 1 aliphatic rings. The second-order valence-electron chi connectivity index (χ2n) is 7.46. The van der Waals surface area contributed by atoms with Crippen molar-refractivity contribution in [2.24, 2.45) is 16.7 Å². The summed E-state index contributed by atoms with van der Waals surface area (Å²) in [7, 11) is 0. The number of benzene rings is 1. The third kappa shape index (κ3) is 3.86. The zero-order valence-electron chi connectivity index (χ0n) is 13.0. The van der Waals surface area contributed by atoms with Gasteiger partial charge in [0.15, 0.2) is 0 Å². The predicted molar refractivity (Wildman–Crippen MR) is 87.3 cm³/mol. The molecule has 0 atom stereocenters. The molecule has 3 heteroatoms. The van der Waals surface area contributed by atoms with Crippen molar-refractivity contribution in [2.45, 2.75) is 52.9 Å². The Morgan fingerprint density at radius 2 is 1.95 bits per heavy atom. The third-order valence-electron chi connectivity index (χ3n) is 4.93. The van der Waals surface area contributed by atoms with E-state index in [0.717, 1.165) is 37.7 Å². The van der Waals surface area contributed by atoms with Gasteiger partial charge in [0.05, 0.1) is 16.0 Å². The average molecular weight is 352 g/mol. The Balaban J connectivity index is 2.10. The normalized spacial score (nSPS) is 26.4. The number of hydrogen-bond donors (Lipinski definition) is 0. The van der Waals surface area contributed by atoms with Gasteiger partial charge in [-0.15, -0.1) is 0 Å². The maximum atomic E-state index is 13.3. The summed E-state index contributed by atoms with van der Waals surface area (Å²) in [5.74, 6) is 0.445. The van der Waals surface area contributed by atoms with Gasteiger partial charge in [-0.2, -0.15) is 5.26 Å². The Morgan fingerprint density at radius 1 is 1.33 bits per heavy atom. The van der Waals surface area contributed by atoms with E-state index in [9.17, 15) is 9.65 Å². The van der Waals surface area contributed by atoms with E-state index in [-0.39, 0.29) is 11.2 Å². The molecule has 0 unspecified atom stereocenters. The molecule has 1 aromatic rings. The summed E-state index contributed by atoms with van der Waals surface area (Å²) in [6.07, 6.45) is 4.83. The van der Waals surface area contributed by atoms with Gasteiger partial charge in [-0.3, -0.25) is 0 Å². The molecule has 114 valence electrons. The molecular formula is C18H23BrFN. The lowest BCUT2D eigenvalue weighted by Gasteiger charge is -2.40. The summed E-state index contributed by atoms with van der Waals surface area (Å²) in [6.45, 7) is 6.86. The van der Waals surface area contributed by atoms with Gasteiger partial charge in [-0.05, 0) is 77.1 Å². The van der Waals surface area contributed by atoms with Crippen LogP contribution >= 0.6 is 15.9 Å². The topological polar surface area (TPSA) is 23.8 Å². The highest BCUT2D eigenvalue weighted by molar-refractivity contribution is 9.10. The van der Waals surface area contributed by atoms with Gasteiger partial charge in [0.25, 0.3) is 0 Å². The predicted octanol–water partition coefficient (Wildman–Crippen LogP) is 5.88. The zero-order valence-corrected chi connectivity index (χ0v) is 14.6. The number of hydrogen-bond acceptors (Lipinski definition) is 1. The maximum absolute atomic E-state index is 13.3. The van der Waals surface area contributed by atoms with Crippen molar-refractivity contribution in [3.63, 3.8) is 0 Å². The van der Waals surface area contributed by atoms with Crippen LogP contribution in [0.4, 0.5) is 4.39 Å². The fraction of sp³-hybridized carbons (Fsp3) is 0.611. The van der Waals surface area contributed by atoms with E-state index < -0.39 is 0 Å². The number of nitriles is 1. The molecule has 1 nitrogen and oxygen atoms in total. The summed E-state index contributed by atoms with van der Waals surface area (Å²) in [6, 6.07) is 7.65. The summed E-state index contributed by atoms with van der Waals surface area (Å²) >= 11 is 3.23. The monoisotopic (exact) mass is 351 g/mol. The quantitative estimate of drug-likeness (QED) is 0.652. The lowest BCUT2D eigenvalue weighted by molar-refractivity contribution is 0.120. The van der Waals surface area contributed by atoms with Crippen LogP contribution in [0.3, 0.4) is 0 Å². The fourth-order valence-corrected chi connectivity index (χ4v) is 3.83. The number of nitrogens with zero attached hydrogens (tertiary/aromatic N) is 1. The minimum absolute atomic E-state index is 0.249. The van der Waals surface area contributed by atoms with Crippen LogP contribution < -0.4 is 0 Å². The summed E-state index contributed by atoms with van der Waals surface area (Å²) in [5.41, 5.74) is 1.08. The fourth-order valence-electron chi connectivity index (χ4n) is 3.40. The van der Waals surface area contributed by atoms with E-state index in [4.69, 9.17) is 0 Å². The summed E-state index contributed by atoms with van der Waals surface area (Å²) in [4.78, 5) is 0. The van der Waals surface area contributed by atoms with Crippen LogP contribution in [0, 0.1) is 33.9 Å². The van der Waals surface area contributed by atoms with E-state index in [1.54, 1.807) is 6.07 Å². The minimum atomic E-state index is -0.279. The lowest BCUT2D eigenvalue weighted by atomic mass is 9.63. The van der Waals surface area contributed by atoms with E-state index in [0.29, 0.717) is 15.8 Å². The lowest BCUT2D eigenvalue weighted by Crippen LogP contribution is -2.33. The van der Waals surface area contributed by atoms with E-state index >= 15 is 0 Å². The highest BCUT2D eigenvalue weighted by atomic mass is 79.9. The SMILES string of the molecule is CC(C)(C)C1CCC(C#N)(Cc2ccc(F)c(Br)c2)CC1. The molecule has 0 spiro atoms. The first-order valence-corrected chi connectivity index (χ1v) is 8.40. The molecule has 1 saturated carbocycles. The smallest absolute Gasteiger partial charge is 0.137 e. The Labute approximate surface area is 135 Å². The molecule has 0 amide bonds. The van der Waals surface area contributed by atoms with Crippen molar-refractivity contribution in [1.29, 1.82) is 5.26 Å². The Morgan fingerprint density at radius 3 is 2.43 bits per heavy atom. The van der Waals surface area contributed by atoms with Crippen molar-refractivity contribution in [1.82, 2.24) is 0 Å².